The smallest absolute Gasteiger partial charge is 0.317 e. The second-order valence-corrected chi connectivity index (χ2v) is 4.89. The molecule has 0 fully saturated rings. The number of carbonyl (C=O) groups is 2. The molecular weight excluding hydrogens is 268 g/mol. The number of carboxylic acids is 1. The maximum atomic E-state index is 10.9. The van der Waals surface area contributed by atoms with Gasteiger partial charge in [-0.1, -0.05) is 12.1 Å². The number of hydrogen-bond acceptors (Lipinski definition) is 3. The van der Waals surface area contributed by atoms with Crippen LogP contribution in [0.3, 0.4) is 0 Å². The van der Waals surface area contributed by atoms with E-state index in [4.69, 9.17) is 16.7 Å². The number of anilines is 1. The number of nitrogens with zero attached hydrogens (tertiary/aromatic N) is 1. The standard InChI is InChI=1S/C13H17ClN2O3/c1-9(17)15-11-5-3-10(4-6-11)12(14)7-16(2)8-13(18)19/h3-6,12H,7-8H2,1-2H3,(H,15,17)(H,18,19). The van der Waals surface area contributed by atoms with Gasteiger partial charge in [-0.2, -0.15) is 0 Å². The highest BCUT2D eigenvalue weighted by Gasteiger charge is 2.13. The van der Waals surface area contributed by atoms with Gasteiger partial charge in [0.25, 0.3) is 0 Å². The third-order valence-corrected chi connectivity index (χ3v) is 2.86. The Morgan fingerprint density at radius 3 is 2.42 bits per heavy atom. The van der Waals surface area contributed by atoms with Crippen LogP contribution in [0.4, 0.5) is 5.69 Å². The monoisotopic (exact) mass is 284 g/mol. The molecule has 104 valence electrons. The van der Waals surface area contributed by atoms with Crippen LogP contribution in [0.25, 0.3) is 0 Å². The molecule has 0 heterocycles. The van der Waals surface area contributed by atoms with Crippen LogP contribution < -0.4 is 5.32 Å². The van der Waals surface area contributed by atoms with Crippen molar-refractivity contribution < 1.29 is 14.7 Å². The predicted molar refractivity (Wildman–Crippen MR) is 74.5 cm³/mol. The largest absolute Gasteiger partial charge is 0.480 e. The molecule has 5 nitrogen and oxygen atoms in total. The van der Waals surface area contributed by atoms with Crippen LogP contribution in [-0.4, -0.2) is 42.0 Å². The van der Waals surface area contributed by atoms with Gasteiger partial charge < -0.3 is 10.4 Å². The molecule has 1 rings (SSSR count). The van der Waals surface area contributed by atoms with Crippen molar-refractivity contribution in [1.29, 1.82) is 0 Å². The van der Waals surface area contributed by atoms with Crippen LogP contribution in [0.15, 0.2) is 24.3 Å². The van der Waals surface area contributed by atoms with Crippen molar-refractivity contribution in [3.63, 3.8) is 0 Å². The van der Waals surface area contributed by atoms with Crippen LogP contribution in [0.1, 0.15) is 17.9 Å². The van der Waals surface area contributed by atoms with E-state index in [0.717, 1.165) is 5.56 Å². The Morgan fingerprint density at radius 2 is 1.95 bits per heavy atom. The molecule has 0 aromatic heterocycles. The minimum absolute atomic E-state index is 0.0484. The minimum Gasteiger partial charge on any atom is -0.480 e. The van der Waals surface area contributed by atoms with Crippen molar-refractivity contribution in [2.24, 2.45) is 0 Å². The van der Waals surface area contributed by atoms with E-state index < -0.39 is 5.97 Å². The fraction of sp³-hybridized carbons (Fsp3) is 0.385. The van der Waals surface area contributed by atoms with Gasteiger partial charge in [-0.05, 0) is 24.7 Å². The van der Waals surface area contributed by atoms with Gasteiger partial charge in [0, 0.05) is 19.2 Å². The van der Waals surface area contributed by atoms with E-state index >= 15 is 0 Å². The third-order valence-electron chi connectivity index (χ3n) is 2.47. The first-order valence-electron chi connectivity index (χ1n) is 5.80. The summed E-state index contributed by atoms with van der Waals surface area (Å²) in [5.41, 5.74) is 1.59. The number of hydrogen-bond donors (Lipinski definition) is 2. The Balaban J connectivity index is 2.59. The number of carboxylic acid groups (broad SMARTS) is 1. The van der Waals surface area contributed by atoms with Crippen molar-refractivity contribution in [2.75, 3.05) is 25.5 Å². The van der Waals surface area contributed by atoms with E-state index in [1.807, 2.05) is 12.1 Å². The molecule has 0 bridgehead atoms. The van der Waals surface area contributed by atoms with Gasteiger partial charge >= 0.3 is 5.97 Å². The summed E-state index contributed by atoms with van der Waals surface area (Å²) in [6.07, 6.45) is 0. The summed E-state index contributed by atoms with van der Waals surface area (Å²) in [6, 6.07) is 7.17. The average Bonchev–Trinajstić information content (AvgIpc) is 2.27. The third kappa shape index (κ3) is 5.72. The number of amides is 1. The first-order valence-corrected chi connectivity index (χ1v) is 6.24. The zero-order valence-electron chi connectivity index (χ0n) is 10.9. The molecule has 0 aliphatic carbocycles. The lowest BCUT2D eigenvalue weighted by molar-refractivity contribution is -0.138. The number of nitrogens with one attached hydrogen (secondary N) is 1. The van der Waals surface area contributed by atoms with E-state index in [2.05, 4.69) is 5.32 Å². The number of rotatable bonds is 6. The Morgan fingerprint density at radius 1 is 1.37 bits per heavy atom. The molecule has 6 heteroatoms. The van der Waals surface area contributed by atoms with E-state index in [0.29, 0.717) is 12.2 Å². The van der Waals surface area contributed by atoms with Crippen molar-refractivity contribution in [3.05, 3.63) is 29.8 Å². The highest BCUT2D eigenvalue weighted by Crippen LogP contribution is 2.22. The Hall–Kier alpha value is -1.59. The summed E-state index contributed by atoms with van der Waals surface area (Å²) < 4.78 is 0. The predicted octanol–water partition coefficient (Wildman–Crippen LogP) is 1.94. The summed E-state index contributed by atoms with van der Waals surface area (Å²) >= 11 is 6.22. The number of carbonyl (C=O) groups excluding carboxylic acids is 1. The van der Waals surface area contributed by atoms with Gasteiger partial charge in [0.05, 0.1) is 11.9 Å². The molecule has 1 aromatic carbocycles. The molecule has 0 radical (unpaired) electrons. The van der Waals surface area contributed by atoms with Crippen molar-refractivity contribution in [2.45, 2.75) is 12.3 Å². The lowest BCUT2D eigenvalue weighted by Gasteiger charge is -2.18. The number of likely N-dealkylation sites (N-methyl/N-ethyl adjacent to an activating group) is 1. The highest BCUT2D eigenvalue weighted by molar-refractivity contribution is 6.21. The summed E-state index contributed by atoms with van der Waals surface area (Å²) in [4.78, 5) is 23.1. The maximum Gasteiger partial charge on any atom is 0.317 e. The molecule has 1 amide bonds. The van der Waals surface area contributed by atoms with E-state index in [9.17, 15) is 9.59 Å². The number of benzene rings is 1. The minimum atomic E-state index is -0.882. The van der Waals surface area contributed by atoms with Gasteiger partial charge in [-0.3, -0.25) is 14.5 Å². The molecule has 0 spiro atoms. The molecule has 0 saturated carbocycles. The molecule has 2 N–H and O–H groups in total. The van der Waals surface area contributed by atoms with Crippen LogP contribution in [0, 0.1) is 0 Å². The zero-order valence-corrected chi connectivity index (χ0v) is 11.6. The van der Waals surface area contributed by atoms with Gasteiger partial charge in [0.2, 0.25) is 5.91 Å². The van der Waals surface area contributed by atoms with Crippen LogP contribution in [0.5, 0.6) is 0 Å². The SMILES string of the molecule is CC(=O)Nc1ccc(C(Cl)CN(C)CC(=O)O)cc1. The summed E-state index contributed by atoms with van der Waals surface area (Å²) in [5, 5.41) is 11.0. The summed E-state index contributed by atoms with van der Waals surface area (Å²) in [5.74, 6) is -1.01. The first kappa shape index (κ1) is 15.5. The van der Waals surface area contributed by atoms with Crippen LogP contribution >= 0.6 is 11.6 Å². The normalized spacial score (nSPS) is 12.2. The van der Waals surface area contributed by atoms with Crippen molar-refractivity contribution >= 4 is 29.2 Å². The summed E-state index contributed by atoms with van der Waals surface area (Å²) in [7, 11) is 1.70. The van der Waals surface area contributed by atoms with Crippen molar-refractivity contribution in [3.8, 4) is 0 Å². The quantitative estimate of drug-likeness (QED) is 0.783. The van der Waals surface area contributed by atoms with Gasteiger partial charge in [0.15, 0.2) is 0 Å². The van der Waals surface area contributed by atoms with Crippen LogP contribution in [0.2, 0.25) is 0 Å². The fourth-order valence-electron chi connectivity index (χ4n) is 1.65. The number of alkyl halides is 1. The molecule has 1 unspecified atom stereocenters. The molecule has 19 heavy (non-hydrogen) atoms. The molecule has 0 aliphatic heterocycles. The Bertz CT molecular complexity index is 448. The first-order chi connectivity index (χ1) is 8.88. The van der Waals surface area contributed by atoms with Gasteiger partial charge in [0.1, 0.15) is 0 Å². The van der Waals surface area contributed by atoms with Crippen molar-refractivity contribution in [1.82, 2.24) is 4.90 Å². The molecule has 1 aromatic rings. The molecule has 0 aliphatic rings. The highest BCUT2D eigenvalue weighted by atomic mass is 35.5. The number of aliphatic carboxylic acids is 1. The second kappa shape index (κ2) is 7.11. The zero-order chi connectivity index (χ0) is 14.4. The lowest BCUT2D eigenvalue weighted by atomic mass is 10.1. The molecular formula is C13H17ClN2O3. The van der Waals surface area contributed by atoms with Crippen LogP contribution in [-0.2, 0) is 9.59 Å². The molecule has 0 saturated heterocycles. The van der Waals surface area contributed by atoms with Gasteiger partial charge in [-0.25, -0.2) is 0 Å². The lowest BCUT2D eigenvalue weighted by Crippen LogP contribution is -2.28. The fourth-order valence-corrected chi connectivity index (χ4v) is 2.03. The van der Waals surface area contributed by atoms with E-state index in [-0.39, 0.29) is 17.8 Å². The topological polar surface area (TPSA) is 69.6 Å². The number of halogens is 1. The average molecular weight is 285 g/mol. The Kier molecular flexibility index (Phi) is 5.79. The maximum absolute atomic E-state index is 10.9. The Labute approximate surface area is 117 Å². The van der Waals surface area contributed by atoms with E-state index in [1.165, 1.54) is 6.92 Å². The molecule has 1 atom stereocenters. The van der Waals surface area contributed by atoms with E-state index in [1.54, 1.807) is 24.1 Å². The summed E-state index contributed by atoms with van der Waals surface area (Å²) in [6.45, 7) is 1.83. The second-order valence-electron chi connectivity index (χ2n) is 4.36. The van der Waals surface area contributed by atoms with Gasteiger partial charge in [-0.15, -0.1) is 11.6 Å².